The largest absolute Gasteiger partial charge is 0.507 e. The Morgan fingerprint density at radius 1 is 1.06 bits per heavy atom. The van der Waals surface area contributed by atoms with Crippen molar-refractivity contribution >= 4 is 5.69 Å². The van der Waals surface area contributed by atoms with Crippen LogP contribution in [0.5, 0.6) is 11.5 Å². The van der Waals surface area contributed by atoms with E-state index < -0.39 is 5.63 Å². The molecule has 35 heavy (non-hydrogen) atoms. The summed E-state index contributed by atoms with van der Waals surface area (Å²) in [5, 5.41) is 11.1. The fourth-order valence-corrected chi connectivity index (χ4v) is 6.96. The molecule has 0 spiro atoms. The lowest BCUT2D eigenvalue weighted by Gasteiger charge is -2.39. The van der Waals surface area contributed by atoms with Gasteiger partial charge in [0.1, 0.15) is 17.8 Å². The summed E-state index contributed by atoms with van der Waals surface area (Å²) in [7, 11) is 1.68. The Labute approximate surface area is 208 Å². The molecule has 3 fully saturated rings. The van der Waals surface area contributed by atoms with Gasteiger partial charge in [0.2, 0.25) is 0 Å². The topological polar surface area (TPSA) is 69.4 Å². The number of aromatic hydroxyl groups is 1. The van der Waals surface area contributed by atoms with E-state index in [4.69, 9.17) is 9.15 Å². The molecule has 1 N–H and O–H groups in total. The summed E-state index contributed by atoms with van der Waals surface area (Å²) in [5.74, 6) is 0.976. The number of fused-ring (bicyclic) bond motifs is 2. The first-order valence-electron chi connectivity index (χ1n) is 12.8. The van der Waals surface area contributed by atoms with Gasteiger partial charge in [0.05, 0.1) is 12.7 Å². The lowest BCUT2D eigenvalue weighted by Crippen LogP contribution is -2.46. The molecule has 1 saturated carbocycles. The number of rotatable bonds is 6. The van der Waals surface area contributed by atoms with Gasteiger partial charge in [0.15, 0.2) is 0 Å². The molecular weight excluding hydrogens is 442 g/mol. The van der Waals surface area contributed by atoms with Gasteiger partial charge in [-0.2, -0.15) is 0 Å². The number of likely N-dealkylation sites (tertiary alicyclic amines) is 1. The highest BCUT2D eigenvalue weighted by atomic mass is 16.5. The molecule has 1 aromatic carbocycles. The summed E-state index contributed by atoms with van der Waals surface area (Å²) in [6.45, 7) is 12.6. The van der Waals surface area contributed by atoms with E-state index in [9.17, 15) is 9.90 Å². The highest BCUT2D eigenvalue weighted by Gasteiger charge is 2.49. The number of anilines is 1. The van der Waals surface area contributed by atoms with Gasteiger partial charge >= 0.3 is 5.63 Å². The predicted molar refractivity (Wildman–Crippen MR) is 137 cm³/mol. The highest BCUT2D eigenvalue weighted by Crippen LogP contribution is 2.52. The maximum atomic E-state index is 12.6. The van der Waals surface area contributed by atoms with Crippen LogP contribution >= 0.6 is 0 Å². The molecule has 7 nitrogen and oxygen atoms in total. The van der Waals surface area contributed by atoms with Gasteiger partial charge in [-0.05, 0) is 54.4 Å². The van der Waals surface area contributed by atoms with Crippen molar-refractivity contribution in [1.29, 1.82) is 0 Å². The first-order chi connectivity index (χ1) is 16.6. The number of hydrogen-bond donors (Lipinski definition) is 1. The minimum absolute atomic E-state index is 0.115. The zero-order valence-corrected chi connectivity index (χ0v) is 21.5. The Morgan fingerprint density at radius 2 is 1.77 bits per heavy atom. The molecule has 3 aliphatic rings. The molecule has 2 bridgehead atoms. The number of ether oxygens (including phenoxy) is 1. The van der Waals surface area contributed by atoms with Crippen molar-refractivity contribution in [3.05, 3.63) is 52.1 Å². The second-order valence-electron chi connectivity index (χ2n) is 12.0. The number of nitrogens with zero attached hydrogens (tertiary/aromatic N) is 3. The molecule has 3 heterocycles. The number of benzene rings is 1. The second-order valence-corrected chi connectivity index (χ2v) is 12.0. The van der Waals surface area contributed by atoms with E-state index in [-0.39, 0.29) is 11.2 Å². The molecule has 1 aromatic heterocycles. The average molecular weight is 482 g/mol. The Morgan fingerprint density at radius 3 is 2.46 bits per heavy atom. The van der Waals surface area contributed by atoms with Gasteiger partial charge in [-0.15, -0.1) is 0 Å². The molecule has 0 radical (unpaired) electrons. The van der Waals surface area contributed by atoms with Gasteiger partial charge in [-0.3, -0.25) is 9.80 Å². The summed E-state index contributed by atoms with van der Waals surface area (Å²) < 4.78 is 10.7. The van der Waals surface area contributed by atoms with Crippen LogP contribution in [0.25, 0.3) is 0 Å². The van der Waals surface area contributed by atoms with Crippen LogP contribution in [0, 0.1) is 10.8 Å². The van der Waals surface area contributed by atoms with Gasteiger partial charge in [-0.25, -0.2) is 4.79 Å². The van der Waals surface area contributed by atoms with Crippen molar-refractivity contribution in [2.75, 3.05) is 44.7 Å². The lowest BCUT2D eigenvalue weighted by atomic mass is 9.65. The molecule has 2 aromatic rings. The quantitative estimate of drug-likeness (QED) is 0.667. The van der Waals surface area contributed by atoms with E-state index in [0.717, 1.165) is 44.9 Å². The smallest absolute Gasteiger partial charge is 0.343 e. The maximum Gasteiger partial charge on any atom is 0.343 e. The van der Waals surface area contributed by atoms with Gasteiger partial charge in [0.25, 0.3) is 0 Å². The zero-order valence-electron chi connectivity index (χ0n) is 21.5. The van der Waals surface area contributed by atoms with Crippen LogP contribution in [-0.4, -0.2) is 60.8 Å². The molecule has 2 aliphatic heterocycles. The molecule has 7 heteroatoms. The van der Waals surface area contributed by atoms with Crippen LogP contribution < -0.4 is 15.3 Å². The van der Waals surface area contributed by atoms with E-state index in [1.807, 2.05) is 12.1 Å². The van der Waals surface area contributed by atoms with E-state index in [1.54, 1.807) is 7.11 Å². The van der Waals surface area contributed by atoms with Crippen molar-refractivity contribution in [2.45, 2.75) is 59.2 Å². The van der Waals surface area contributed by atoms with Crippen molar-refractivity contribution in [1.82, 2.24) is 9.80 Å². The minimum atomic E-state index is -0.415. The first kappa shape index (κ1) is 24.2. The molecular formula is C28H39N3O4. The van der Waals surface area contributed by atoms with E-state index in [1.165, 1.54) is 24.8 Å². The summed E-state index contributed by atoms with van der Waals surface area (Å²) in [6, 6.07) is 8.61. The maximum absolute atomic E-state index is 12.6. The Balaban J connectivity index is 1.24. The average Bonchev–Trinajstić information content (AvgIpc) is 3.06. The standard InChI is InChI=1S/C28H39N3O4/c1-27(2)13-22-14-28(3,18-27)19-31(22)16-24-25(32)20(17-35-26(24)33)15-29-9-11-30(12-10-29)21-5-7-23(34-4)8-6-21/h5-8,17,22,32H,9-16,18-19H2,1-4H3/t22-,28+/m0/s1. The van der Waals surface area contributed by atoms with Crippen molar-refractivity contribution in [3.63, 3.8) is 0 Å². The van der Waals surface area contributed by atoms with Gasteiger partial charge in [0, 0.05) is 63.1 Å². The predicted octanol–water partition coefficient (Wildman–Crippen LogP) is 4.08. The fraction of sp³-hybridized carbons (Fsp3) is 0.607. The summed E-state index contributed by atoms with van der Waals surface area (Å²) in [6.07, 6.45) is 4.95. The van der Waals surface area contributed by atoms with Crippen LogP contribution in [0.3, 0.4) is 0 Å². The fourth-order valence-electron chi connectivity index (χ4n) is 6.96. The van der Waals surface area contributed by atoms with E-state index >= 15 is 0 Å². The van der Waals surface area contributed by atoms with E-state index in [2.05, 4.69) is 47.6 Å². The van der Waals surface area contributed by atoms with Gasteiger partial charge < -0.3 is 19.2 Å². The third kappa shape index (κ3) is 5.07. The van der Waals surface area contributed by atoms with Crippen molar-refractivity contribution < 1.29 is 14.3 Å². The Kier molecular flexibility index (Phi) is 6.34. The molecule has 5 rings (SSSR count). The normalized spacial score (nSPS) is 26.7. The van der Waals surface area contributed by atoms with Crippen LogP contribution in [0.15, 0.2) is 39.7 Å². The summed E-state index contributed by atoms with van der Waals surface area (Å²) in [5.41, 5.74) is 2.48. The zero-order chi connectivity index (χ0) is 24.8. The van der Waals surface area contributed by atoms with Gasteiger partial charge in [-0.1, -0.05) is 20.8 Å². The summed E-state index contributed by atoms with van der Waals surface area (Å²) >= 11 is 0. The van der Waals surface area contributed by atoms with E-state index in [0.29, 0.717) is 35.7 Å². The van der Waals surface area contributed by atoms with Crippen molar-refractivity contribution in [3.8, 4) is 11.5 Å². The molecule has 2 atom stereocenters. The first-order valence-corrected chi connectivity index (χ1v) is 12.8. The third-order valence-electron chi connectivity index (χ3n) is 8.23. The Hall–Kier alpha value is -2.51. The molecule has 2 saturated heterocycles. The number of piperazine rings is 1. The molecule has 1 aliphatic carbocycles. The minimum Gasteiger partial charge on any atom is -0.507 e. The number of hydrogen-bond acceptors (Lipinski definition) is 7. The lowest BCUT2D eigenvalue weighted by molar-refractivity contribution is 0.126. The van der Waals surface area contributed by atoms with Crippen molar-refractivity contribution in [2.24, 2.45) is 10.8 Å². The second kappa shape index (κ2) is 9.17. The summed E-state index contributed by atoms with van der Waals surface area (Å²) in [4.78, 5) is 19.7. The molecule has 0 amide bonds. The van der Waals surface area contributed by atoms with Crippen LogP contribution in [0.4, 0.5) is 5.69 Å². The third-order valence-corrected chi connectivity index (χ3v) is 8.23. The monoisotopic (exact) mass is 481 g/mol. The SMILES string of the molecule is COc1ccc(N2CCN(Cc3coc(=O)c(CN4C[C@]5(C)C[C@@H]4CC(C)(C)C5)c3O)CC2)cc1. The Bertz CT molecular complexity index is 1100. The molecule has 190 valence electrons. The molecule has 0 unspecified atom stereocenters. The van der Waals surface area contributed by atoms with Crippen LogP contribution in [-0.2, 0) is 13.1 Å². The van der Waals surface area contributed by atoms with Crippen LogP contribution in [0.1, 0.15) is 51.2 Å². The van der Waals surface area contributed by atoms with Crippen LogP contribution in [0.2, 0.25) is 0 Å². The highest BCUT2D eigenvalue weighted by molar-refractivity contribution is 5.49. The number of methoxy groups -OCH3 is 1.